The largest absolute Gasteiger partial charge is 0.224 e. The van der Waals surface area contributed by atoms with Gasteiger partial charge in [0.2, 0.25) is 0 Å². The lowest BCUT2D eigenvalue weighted by molar-refractivity contribution is 0.314. The lowest BCUT2D eigenvalue weighted by Gasteiger charge is -2.31. The highest BCUT2D eigenvalue weighted by molar-refractivity contribution is 9.09. The molecule has 0 amide bonds. The molecule has 0 bridgehead atoms. The van der Waals surface area contributed by atoms with Crippen LogP contribution < -0.4 is 0 Å². The standard InChI is InChI=1S/C15H23BrO2S/c1-3-10-15(12-16,11-4-2)13-19(17,18)14-8-6-5-7-9-14/h5-9H,3-4,10-13H2,1-2H3. The average Bonchev–Trinajstić information content (AvgIpc) is 2.40. The van der Waals surface area contributed by atoms with Crippen LogP contribution in [0, 0.1) is 5.41 Å². The summed E-state index contributed by atoms with van der Waals surface area (Å²) in [5, 5.41) is 0.744. The van der Waals surface area contributed by atoms with Crippen LogP contribution >= 0.6 is 15.9 Å². The zero-order valence-electron chi connectivity index (χ0n) is 11.7. The Kier molecular flexibility index (Phi) is 6.54. The monoisotopic (exact) mass is 346 g/mol. The molecule has 0 aliphatic carbocycles. The molecule has 0 heterocycles. The van der Waals surface area contributed by atoms with E-state index in [2.05, 4.69) is 29.8 Å². The normalized spacial score (nSPS) is 12.6. The summed E-state index contributed by atoms with van der Waals surface area (Å²) >= 11 is 3.54. The van der Waals surface area contributed by atoms with Gasteiger partial charge in [0, 0.05) is 5.33 Å². The quantitative estimate of drug-likeness (QED) is 0.652. The summed E-state index contributed by atoms with van der Waals surface area (Å²) in [6.45, 7) is 4.23. The predicted octanol–water partition coefficient (Wildman–Crippen LogP) is 4.44. The van der Waals surface area contributed by atoms with E-state index in [9.17, 15) is 8.42 Å². The molecule has 0 spiro atoms. The van der Waals surface area contributed by atoms with Gasteiger partial charge in [0.05, 0.1) is 10.6 Å². The number of alkyl halides is 1. The molecule has 0 atom stereocenters. The Bertz CT molecular complexity index is 462. The van der Waals surface area contributed by atoms with E-state index >= 15 is 0 Å². The van der Waals surface area contributed by atoms with E-state index < -0.39 is 9.84 Å². The number of hydrogen-bond donors (Lipinski definition) is 0. The van der Waals surface area contributed by atoms with Crippen molar-refractivity contribution in [3.63, 3.8) is 0 Å². The Morgan fingerprint density at radius 2 is 1.58 bits per heavy atom. The van der Waals surface area contributed by atoms with E-state index in [4.69, 9.17) is 0 Å². The Morgan fingerprint density at radius 1 is 1.05 bits per heavy atom. The maximum Gasteiger partial charge on any atom is 0.178 e. The second-order valence-corrected chi connectivity index (χ2v) is 7.76. The maximum atomic E-state index is 12.5. The van der Waals surface area contributed by atoms with Crippen molar-refractivity contribution in [2.24, 2.45) is 5.41 Å². The van der Waals surface area contributed by atoms with Crippen molar-refractivity contribution in [1.29, 1.82) is 0 Å². The summed E-state index contributed by atoms with van der Waals surface area (Å²) in [6.07, 6.45) is 3.90. The van der Waals surface area contributed by atoms with Crippen LogP contribution in [0.25, 0.3) is 0 Å². The van der Waals surface area contributed by atoms with Crippen LogP contribution in [0.5, 0.6) is 0 Å². The molecule has 0 unspecified atom stereocenters. The molecule has 1 aromatic rings. The van der Waals surface area contributed by atoms with Gasteiger partial charge in [0.15, 0.2) is 9.84 Å². The molecule has 0 N–H and O–H groups in total. The van der Waals surface area contributed by atoms with Crippen molar-refractivity contribution in [3.8, 4) is 0 Å². The minimum Gasteiger partial charge on any atom is -0.224 e. The van der Waals surface area contributed by atoms with Crippen LogP contribution in [0.15, 0.2) is 35.2 Å². The van der Waals surface area contributed by atoms with Crippen molar-refractivity contribution >= 4 is 25.8 Å². The average molecular weight is 347 g/mol. The molecule has 0 aromatic heterocycles. The summed E-state index contributed by atoms with van der Waals surface area (Å²) in [4.78, 5) is 0.438. The Labute approximate surface area is 125 Å². The van der Waals surface area contributed by atoms with Gasteiger partial charge < -0.3 is 0 Å². The van der Waals surface area contributed by atoms with E-state index in [1.165, 1.54) is 0 Å². The van der Waals surface area contributed by atoms with Crippen LogP contribution in [0.2, 0.25) is 0 Å². The molecular weight excluding hydrogens is 324 g/mol. The van der Waals surface area contributed by atoms with Gasteiger partial charge >= 0.3 is 0 Å². The summed E-state index contributed by atoms with van der Waals surface area (Å²) < 4.78 is 25.1. The summed E-state index contributed by atoms with van der Waals surface area (Å²) in [5.74, 6) is 0.233. The van der Waals surface area contributed by atoms with E-state index in [1.807, 2.05) is 6.07 Å². The van der Waals surface area contributed by atoms with Crippen molar-refractivity contribution < 1.29 is 8.42 Å². The van der Waals surface area contributed by atoms with Crippen LogP contribution in [-0.4, -0.2) is 19.5 Å². The molecule has 0 radical (unpaired) electrons. The number of sulfone groups is 1. The third kappa shape index (κ3) is 4.60. The number of halogens is 1. The minimum atomic E-state index is -3.20. The van der Waals surface area contributed by atoms with Gasteiger partial charge in [-0.15, -0.1) is 0 Å². The third-order valence-electron chi connectivity index (χ3n) is 3.44. The topological polar surface area (TPSA) is 34.1 Å². The fourth-order valence-corrected chi connectivity index (χ4v) is 5.57. The third-order valence-corrected chi connectivity index (χ3v) is 6.61. The van der Waals surface area contributed by atoms with E-state index in [-0.39, 0.29) is 11.2 Å². The Hall–Kier alpha value is -0.350. The molecule has 1 rings (SSSR count). The van der Waals surface area contributed by atoms with Gasteiger partial charge in [-0.1, -0.05) is 60.8 Å². The molecule has 0 fully saturated rings. The van der Waals surface area contributed by atoms with Gasteiger partial charge in [0.1, 0.15) is 0 Å². The van der Waals surface area contributed by atoms with Crippen LogP contribution in [0.3, 0.4) is 0 Å². The number of rotatable bonds is 8. The van der Waals surface area contributed by atoms with E-state index in [0.717, 1.165) is 31.0 Å². The molecule has 108 valence electrons. The highest BCUT2D eigenvalue weighted by atomic mass is 79.9. The molecule has 19 heavy (non-hydrogen) atoms. The molecule has 0 aliphatic rings. The van der Waals surface area contributed by atoms with Crippen LogP contribution in [-0.2, 0) is 9.84 Å². The smallest absolute Gasteiger partial charge is 0.178 e. The van der Waals surface area contributed by atoms with Gasteiger partial charge in [-0.25, -0.2) is 8.42 Å². The van der Waals surface area contributed by atoms with Gasteiger partial charge in [-0.3, -0.25) is 0 Å². The highest BCUT2D eigenvalue weighted by Crippen LogP contribution is 2.35. The summed E-state index contributed by atoms with van der Waals surface area (Å²) in [7, 11) is -3.20. The molecule has 1 aromatic carbocycles. The first-order chi connectivity index (χ1) is 8.99. The van der Waals surface area contributed by atoms with Gasteiger partial charge in [0.25, 0.3) is 0 Å². The number of hydrogen-bond acceptors (Lipinski definition) is 2. The van der Waals surface area contributed by atoms with Crippen LogP contribution in [0.4, 0.5) is 0 Å². The Balaban J connectivity index is 3.01. The van der Waals surface area contributed by atoms with Gasteiger partial charge in [-0.2, -0.15) is 0 Å². The number of benzene rings is 1. The Morgan fingerprint density at radius 3 is 2.00 bits per heavy atom. The van der Waals surface area contributed by atoms with E-state index in [0.29, 0.717) is 4.90 Å². The second kappa shape index (κ2) is 7.44. The molecule has 0 saturated carbocycles. The van der Waals surface area contributed by atoms with Gasteiger partial charge in [-0.05, 0) is 30.4 Å². The SMILES string of the molecule is CCCC(CBr)(CCC)CS(=O)(=O)c1ccccc1. The summed E-state index contributed by atoms with van der Waals surface area (Å²) in [6, 6.07) is 8.78. The zero-order chi connectivity index (χ0) is 14.4. The minimum absolute atomic E-state index is 0.141. The van der Waals surface area contributed by atoms with Crippen molar-refractivity contribution in [2.75, 3.05) is 11.1 Å². The molecule has 0 aliphatic heterocycles. The fourth-order valence-electron chi connectivity index (χ4n) is 2.62. The first-order valence-electron chi connectivity index (χ1n) is 6.83. The van der Waals surface area contributed by atoms with Crippen LogP contribution in [0.1, 0.15) is 39.5 Å². The lowest BCUT2D eigenvalue weighted by Crippen LogP contribution is -2.32. The second-order valence-electron chi connectivity index (χ2n) is 5.21. The first-order valence-corrected chi connectivity index (χ1v) is 9.61. The molecule has 2 nitrogen and oxygen atoms in total. The molecular formula is C15H23BrO2S. The van der Waals surface area contributed by atoms with Crippen molar-refractivity contribution in [2.45, 2.75) is 44.4 Å². The zero-order valence-corrected chi connectivity index (χ0v) is 14.1. The lowest BCUT2D eigenvalue weighted by atomic mass is 9.83. The predicted molar refractivity (Wildman–Crippen MR) is 84.5 cm³/mol. The maximum absolute atomic E-state index is 12.5. The van der Waals surface area contributed by atoms with Crippen molar-refractivity contribution in [1.82, 2.24) is 0 Å². The molecule has 4 heteroatoms. The first kappa shape index (κ1) is 16.7. The molecule has 0 saturated heterocycles. The fraction of sp³-hybridized carbons (Fsp3) is 0.600. The van der Waals surface area contributed by atoms with E-state index in [1.54, 1.807) is 24.3 Å². The highest BCUT2D eigenvalue weighted by Gasteiger charge is 2.33. The van der Waals surface area contributed by atoms with Crippen molar-refractivity contribution in [3.05, 3.63) is 30.3 Å². The summed E-state index contributed by atoms with van der Waals surface area (Å²) in [5.41, 5.74) is -0.141.